The number of nitrogens with one attached hydrogen (secondary N) is 1. The Hall–Kier alpha value is -2.30. The van der Waals surface area contributed by atoms with Gasteiger partial charge in [-0.2, -0.15) is 5.10 Å². The van der Waals surface area contributed by atoms with Crippen LogP contribution in [0, 0.1) is 0 Å². The predicted molar refractivity (Wildman–Crippen MR) is 71.9 cm³/mol. The minimum Gasteiger partial charge on any atom is -0.508 e. The second kappa shape index (κ2) is 5.56. The zero-order chi connectivity index (χ0) is 13.8. The van der Waals surface area contributed by atoms with Crippen LogP contribution in [0.1, 0.15) is 28.7 Å². The fourth-order valence-electron chi connectivity index (χ4n) is 1.85. The molecule has 1 heterocycles. The average molecular weight is 259 g/mol. The van der Waals surface area contributed by atoms with E-state index in [1.807, 2.05) is 13.0 Å². The van der Waals surface area contributed by atoms with E-state index in [0.717, 1.165) is 17.7 Å². The van der Waals surface area contributed by atoms with Crippen molar-refractivity contribution in [3.05, 3.63) is 47.3 Å². The molecule has 1 amide bonds. The summed E-state index contributed by atoms with van der Waals surface area (Å²) in [5, 5.41) is 16.4. The molecule has 100 valence electrons. The van der Waals surface area contributed by atoms with E-state index in [4.69, 9.17) is 0 Å². The van der Waals surface area contributed by atoms with Gasteiger partial charge in [0.2, 0.25) is 0 Å². The van der Waals surface area contributed by atoms with Gasteiger partial charge in [-0.1, -0.05) is 19.1 Å². The van der Waals surface area contributed by atoms with Crippen LogP contribution in [0.3, 0.4) is 0 Å². The summed E-state index contributed by atoms with van der Waals surface area (Å²) < 4.78 is 1.58. The summed E-state index contributed by atoms with van der Waals surface area (Å²) in [6.45, 7) is 2.37. The number of nitrogens with zero attached hydrogens (tertiary/aromatic N) is 2. The Balaban J connectivity index is 2.03. The van der Waals surface area contributed by atoms with Crippen LogP contribution in [0.15, 0.2) is 30.3 Å². The number of rotatable bonds is 4. The second-order valence-corrected chi connectivity index (χ2v) is 4.35. The van der Waals surface area contributed by atoms with E-state index in [-0.39, 0.29) is 11.7 Å². The van der Waals surface area contributed by atoms with Crippen molar-refractivity contribution in [2.45, 2.75) is 19.9 Å². The van der Waals surface area contributed by atoms with Crippen LogP contribution in [0.4, 0.5) is 0 Å². The lowest BCUT2D eigenvalue weighted by atomic mass is 10.2. The highest BCUT2D eigenvalue weighted by molar-refractivity contribution is 5.92. The number of hydrogen-bond donors (Lipinski definition) is 2. The summed E-state index contributed by atoms with van der Waals surface area (Å²) in [4.78, 5) is 12.0. The summed E-state index contributed by atoms with van der Waals surface area (Å²) >= 11 is 0. The summed E-state index contributed by atoms with van der Waals surface area (Å²) in [7, 11) is 1.75. The minimum atomic E-state index is -0.168. The van der Waals surface area contributed by atoms with Gasteiger partial charge in [0.25, 0.3) is 5.91 Å². The van der Waals surface area contributed by atoms with Crippen LogP contribution in [-0.4, -0.2) is 20.8 Å². The van der Waals surface area contributed by atoms with Crippen LogP contribution >= 0.6 is 0 Å². The van der Waals surface area contributed by atoms with Crippen LogP contribution in [0.25, 0.3) is 0 Å². The van der Waals surface area contributed by atoms with Crippen molar-refractivity contribution in [2.75, 3.05) is 0 Å². The second-order valence-electron chi connectivity index (χ2n) is 4.35. The molecular weight excluding hydrogens is 242 g/mol. The maximum atomic E-state index is 12.0. The van der Waals surface area contributed by atoms with Gasteiger partial charge in [0, 0.05) is 13.6 Å². The number of aromatic hydroxyl groups is 1. The Bertz CT molecular complexity index is 590. The Labute approximate surface area is 111 Å². The van der Waals surface area contributed by atoms with Gasteiger partial charge in [0.15, 0.2) is 0 Å². The van der Waals surface area contributed by atoms with Crippen molar-refractivity contribution in [3.63, 3.8) is 0 Å². The Morgan fingerprint density at radius 2 is 2.21 bits per heavy atom. The van der Waals surface area contributed by atoms with Gasteiger partial charge in [0.05, 0.1) is 5.69 Å². The first-order valence-electron chi connectivity index (χ1n) is 6.19. The Morgan fingerprint density at radius 1 is 1.42 bits per heavy atom. The molecule has 0 bridgehead atoms. The maximum absolute atomic E-state index is 12.0. The van der Waals surface area contributed by atoms with Crippen LogP contribution in [-0.2, 0) is 20.0 Å². The number of phenols is 1. The molecule has 2 N–H and O–H groups in total. The summed E-state index contributed by atoms with van der Waals surface area (Å²) in [5.41, 5.74) is 2.29. The fraction of sp³-hybridized carbons (Fsp3) is 0.286. The van der Waals surface area contributed by atoms with E-state index < -0.39 is 0 Å². The molecule has 0 atom stereocenters. The zero-order valence-corrected chi connectivity index (χ0v) is 11.1. The lowest BCUT2D eigenvalue weighted by Crippen LogP contribution is -2.25. The van der Waals surface area contributed by atoms with Gasteiger partial charge in [0.1, 0.15) is 11.4 Å². The largest absolute Gasteiger partial charge is 0.508 e. The van der Waals surface area contributed by atoms with Crippen LogP contribution < -0.4 is 5.32 Å². The van der Waals surface area contributed by atoms with Gasteiger partial charge < -0.3 is 10.4 Å². The normalized spacial score (nSPS) is 10.4. The van der Waals surface area contributed by atoms with Crippen molar-refractivity contribution in [1.29, 1.82) is 0 Å². The fourth-order valence-corrected chi connectivity index (χ4v) is 1.85. The smallest absolute Gasteiger partial charge is 0.269 e. The molecule has 0 fully saturated rings. The molecular formula is C14H17N3O2. The standard InChI is InChI=1S/C14H17N3O2/c1-3-11-8-13(17(2)16-11)14(19)15-9-10-5-4-6-12(18)7-10/h4-8,18H,3,9H2,1-2H3,(H,15,19). The monoisotopic (exact) mass is 259 g/mol. The molecule has 2 rings (SSSR count). The number of phenolic OH excluding ortho intramolecular Hbond substituents is 1. The number of aromatic nitrogens is 2. The van der Waals surface area contributed by atoms with E-state index in [2.05, 4.69) is 10.4 Å². The average Bonchev–Trinajstić information content (AvgIpc) is 2.77. The number of carbonyl (C=O) groups is 1. The molecule has 0 unspecified atom stereocenters. The number of carbonyl (C=O) groups excluding carboxylic acids is 1. The molecule has 5 heteroatoms. The first-order valence-corrected chi connectivity index (χ1v) is 6.19. The molecule has 19 heavy (non-hydrogen) atoms. The molecule has 0 aliphatic heterocycles. The molecule has 1 aromatic carbocycles. The summed E-state index contributed by atoms with van der Waals surface area (Å²) in [6, 6.07) is 8.61. The highest BCUT2D eigenvalue weighted by Gasteiger charge is 2.12. The van der Waals surface area contributed by atoms with E-state index in [9.17, 15) is 9.90 Å². The third kappa shape index (κ3) is 3.13. The molecule has 0 saturated carbocycles. The maximum Gasteiger partial charge on any atom is 0.269 e. The lowest BCUT2D eigenvalue weighted by molar-refractivity contribution is 0.0941. The number of aryl methyl sites for hydroxylation is 2. The van der Waals surface area contributed by atoms with Gasteiger partial charge in [-0.15, -0.1) is 0 Å². The molecule has 0 aliphatic rings. The van der Waals surface area contributed by atoms with E-state index in [0.29, 0.717) is 12.2 Å². The molecule has 0 aliphatic carbocycles. The third-order valence-corrected chi connectivity index (χ3v) is 2.89. The SMILES string of the molecule is CCc1cc(C(=O)NCc2cccc(O)c2)n(C)n1. The van der Waals surface area contributed by atoms with Crippen LogP contribution in [0.5, 0.6) is 5.75 Å². The van der Waals surface area contributed by atoms with Crippen molar-refractivity contribution >= 4 is 5.91 Å². The zero-order valence-electron chi connectivity index (χ0n) is 11.1. The van der Waals surface area contributed by atoms with Crippen molar-refractivity contribution in [2.24, 2.45) is 7.05 Å². The number of benzene rings is 1. The molecule has 2 aromatic rings. The highest BCUT2D eigenvalue weighted by Crippen LogP contribution is 2.11. The highest BCUT2D eigenvalue weighted by atomic mass is 16.3. The van der Waals surface area contributed by atoms with E-state index >= 15 is 0 Å². The summed E-state index contributed by atoms with van der Waals surface area (Å²) in [6.07, 6.45) is 0.799. The van der Waals surface area contributed by atoms with Gasteiger partial charge >= 0.3 is 0 Å². The van der Waals surface area contributed by atoms with Gasteiger partial charge in [-0.3, -0.25) is 9.48 Å². The van der Waals surface area contributed by atoms with Crippen LogP contribution in [0.2, 0.25) is 0 Å². The summed E-state index contributed by atoms with van der Waals surface area (Å²) in [5.74, 6) is 0.0265. The first-order chi connectivity index (χ1) is 9.10. The van der Waals surface area contributed by atoms with Crippen molar-refractivity contribution in [1.82, 2.24) is 15.1 Å². The molecule has 5 nitrogen and oxygen atoms in total. The third-order valence-electron chi connectivity index (χ3n) is 2.89. The molecule has 0 saturated heterocycles. The van der Waals surface area contributed by atoms with E-state index in [1.54, 1.807) is 36.0 Å². The topological polar surface area (TPSA) is 67.2 Å². The first kappa shape index (κ1) is 13.1. The minimum absolute atomic E-state index is 0.168. The van der Waals surface area contributed by atoms with Crippen molar-refractivity contribution < 1.29 is 9.90 Å². The Morgan fingerprint density at radius 3 is 2.84 bits per heavy atom. The van der Waals surface area contributed by atoms with Gasteiger partial charge in [-0.05, 0) is 30.2 Å². The lowest BCUT2D eigenvalue weighted by Gasteiger charge is -2.05. The van der Waals surface area contributed by atoms with Gasteiger partial charge in [-0.25, -0.2) is 0 Å². The molecule has 0 spiro atoms. The quantitative estimate of drug-likeness (QED) is 0.876. The van der Waals surface area contributed by atoms with Crippen molar-refractivity contribution in [3.8, 4) is 5.75 Å². The molecule has 1 aromatic heterocycles. The Kier molecular flexibility index (Phi) is 3.85. The molecule has 0 radical (unpaired) electrons. The predicted octanol–water partition coefficient (Wildman–Crippen LogP) is 1.62. The van der Waals surface area contributed by atoms with E-state index in [1.165, 1.54) is 0 Å². The number of amides is 1. The number of hydrogen-bond acceptors (Lipinski definition) is 3.